The lowest BCUT2D eigenvalue weighted by Gasteiger charge is -2.20. The van der Waals surface area contributed by atoms with Gasteiger partial charge in [-0.15, -0.1) is 0 Å². The minimum absolute atomic E-state index is 0.394. The van der Waals surface area contributed by atoms with Gasteiger partial charge in [0.2, 0.25) is 5.75 Å². The van der Waals surface area contributed by atoms with E-state index in [-0.39, 0.29) is 0 Å². The zero-order chi connectivity index (χ0) is 19.1. The first-order valence-electron chi connectivity index (χ1n) is 8.51. The van der Waals surface area contributed by atoms with E-state index >= 15 is 0 Å². The van der Waals surface area contributed by atoms with Crippen LogP contribution in [0.4, 0.5) is 5.82 Å². The van der Waals surface area contributed by atoms with Gasteiger partial charge in [-0.3, -0.25) is 0 Å². The maximum atomic E-state index is 6.25. The van der Waals surface area contributed by atoms with Crippen molar-refractivity contribution in [2.45, 2.75) is 19.3 Å². The number of aryl methyl sites for hydroxylation is 1. The Hall–Kier alpha value is -2.61. The molecule has 0 aliphatic heterocycles. The van der Waals surface area contributed by atoms with E-state index in [1.807, 2.05) is 6.07 Å². The third-order valence-electron chi connectivity index (χ3n) is 4.86. The Labute approximate surface area is 165 Å². The average Bonchev–Trinajstić information content (AvgIpc) is 3.13. The second-order valence-electron chi connectivity index (χ2n) is 6.23. The summed E-state index contributed by atoms with van der Waals surface area (Å²) in [6, 6.07) is 1.96. The predicted molar refractivity (Wildman–Crippen MR) is 107 cm³/mol. The van der Waals surface area contributed by atoms with Crippen LogP contribution < -0.4 is 19.9 Å². The summed E-state index contributed by atoms with van der Waals surface area (Å²) < 4.78 is 17.6. The molecule has 1 aromatic carbocycles. The van der Waals surface area contributed by atoms with E-state index in [1.165, 1.54) is 6.33 Å². The molecule has 8 heteroatoms. The number of anilines is 1. The van der Waals surface area contributed by atoms with Crippen molar-refractivity contribution in [1.82, 2.24) is 15.0 Å². The van der Waals surface area contributed by atoms with Crippen LogP contribution in [0.2, 0.25) is 0 Å². The van der Waals surface area contributed by atoms with Crippen molar-refractivity contribution in [3.8, 4) is 28.4 Å². The van der Waals surface area contributed by atoms with Crippen molar-refractivity contribution in [3.63, 3.8) is 0 Å². The topological polar surface area (TPSA) is 92.4 Å². The van der Waals surface area contributed by atoms with E-state index in [1.54, 1.807) is 21.3 Å². The van der Waals surface area contributed by atoms with Crippen LogP contribution in [-0.2, 0) is 12.8 Å². The van der Waals surface area contributed by atoms with Gasteiger partial charge in [0.05, 0.1) is 31.2 Å². The number of methoxy groups -OCH3 is 3. The van der Waals surface area contributed by atoms with Gasteiger partial charge in [0.25, 0.3) is 0 Å². The van der Waals surface area contributed by atoms with Gasteiger partial charge in [-0.2, -0.15) is 0 Å². The van der Waals surface area contributed by atoms with Crippen molar-refractivity contribution in [2.24, 2.45) is 0 Å². The molecule has 0 bridgehead atoms. The van der Waals surface area contributed by atoms with Crippen LogP contribution >= 0.6 is 15.9 Å². The monoisotopic (exact) mass is 430 g/mol. The highest BCUT2D eigenvalue weighted by Gasteiger charge is 2.28. The van der Waals surface area contributed by atoms with E-state index in [4.69, 9.17) is 24.9 Å². The Balaban J connectivity index is 2.17. The molecule has 1 aliphatic rings. The summed E-state index contributed by atoms with van der Waals surface area (Å²) in [6.07, 6.45) is 4.31. The summed E-state index contributed by atoms with van der Waals surface area (Å²) in [7, 11) is 4.79. The number of nitrogens with zero attached hydrogens (tertiary/aromatic N) is 3. The van der Waals surface area contributed by atoms with Gasteiger partial charge in [-0.25, -0.2) is 15.0 Å². The maximum absolute atomic E-state index is 6.25. The molecule has 0 saturated heterocycles. The molecule has 2 heterocycles. The van der Waals surface area contributed by atoms with Crippen LogP contribution in [0.3, 0.4) is 0 Å². The second kappa shape index (κ2) is 6.84. The molecule has 140 valence electrons. The summed E-state index contributed by atoms with van der Waals surface area (Å²) in [5.41, 5.74) is 10.8. The number of nitrogens with two attached hydrogens (primary N) is 1. The van der Waals surface area contributed by atoms with Gasteiger partial charge in [0.15, 0.2) is 17.1 Å². The molecule has 3 aromatic rings. The largest absolute Gasteiger partial charge is 0.492 e. The fourth-order valence-electron chi connectivity index (χ4n) is 3.77. The Bertz CT molecular complexity index is 1060. The molecular formula is C19H19BrN4O3. The molecule has 0 spiro atoms. The fraction of sp³-hybridized carbons (Fsp3) is 0.316. The number of ether oxygens (including phenoxy) is 3. The van der Waals surface area contributed by atoms with E-state index in [9.17, 15) is 0 Å². The summed E-state index contributed by atoms with van der Waals surface area (Å²) in [4.78, 5) is 13.3. The standard InChI is InChI=1S/C19H19BrN4O3/c1-25-15-10(7-11(20)16(26-2)17(15)27-3)13-9-5-4-6-12(9)24-19-14(13)18(21)22-8-23-19/h7-8H,4-6H2,1-3H3,(H2,21,22,23,24). The Kier molecular flexibility index (Phi) is 4.51. The second-order valence-corrected chi connectivity index (χ2v) is 7.08. The number of hydrogen-bond donors (Lipinski definition) is 1. The predicted octanol–water partition coefficient (Wildman–Crippen LogP) is 3.55. The van der Waals surface area contributed by atoms with E-state index in [0.29, 0.717) is 28.7 Å². The molecule has 0 unspecified atom stereocenters. The summed E-state index contributed by atoms with van der Waals surface area (Å²) in [6.45, 7) is 0. The SMILES string of the molecule is COc1c(Br)cc(-c2c3c(nc4ncnc(N)c24)CCC3)c(OC)c1OC. The molecule has 4 rings (SSSR count). The summed E-state index contributed by atoms with van der Waals surface area (Å²) in [5, 5.41) is 0.732. The van der Waals surface area contributed by atoms with E-state index in [0.717, 1.165) is 51.5 Å². The number of benzene rings is 1. The highest BCUT2D eigenvalue weighted by atomic mass is 79.9. The molecule has 7 nitrogen and oxygen atoms in total. The average molecular weight is 431 g/mol. The van der Waals surface area contributed by atoms with Gasteiger partial charge in [0, 0.05) is 16.8 Å². The molecule has 2 aromatic heterocycles. The smallest absolute Gasteiger partial charge is 0.205 e. The third kappa shape index (κ3) is 2.66. The molecule has 1 aliphatic carbocycles. The quantitative estimate of drug-likeness (QED) is 0.676. The Morgan fingerprint density at radius 3 is 2.44 bits per heavy atom. The normalized spacial score (nSPS) is 12.9. The first-order valence-corrected chi connectivity index (χ1v) is 9.30. The Morgan fingerprint density at radius 1 is 1.00 bits per heavy atom. The van der Waals surface area contributed by atoms with E-state index in [2.05, 4.69) is 25.9 Å². The van der Waals surface area contributed by atoms with Crippen LogP contribution in [0.25, 0.3) is 22.2 Å². The van der Waals surface area contributed by atoms with Crippen molar-refractivity contribution in [2.75, 3.05) is 27.1 Å². The molecule has 0 atom stereocenters. The lowest BCUT2D eigenvalue weighted by Crippen LogP contribution is -2.04. The molecule has 27 heavy (non-hydrogen) atoms. The minimum atomic E-state index is 0.394. The molecule has 0 fully saturated rings. The zero-order valence-corrected chi connectivity index (χ0v) is 16.9. The van der Waals surface area contributed by atoms with Crippen LogP contribution in [0.15, 0.2) is 16.9 Å². The lowest BCUT2D eigenvalue weighted by atomic mass is 9.94. The summed E-state index contributed by atoms with van der Waals surface area (Å²) >= 11 is 3.58. The fourth-order valence-corrected chi connectivity index (χ4v) is 4.34. The molecule has 0 saturated carbocycles. The van der Waals surface area contributed by atoms with Gasteiger partial charge in [-0.1, -0.05) is 0 Å². The van der Waals surface area contributed by atoms with Crippen molar-refractivity contribution < 1.29 is 14.2 Å². The first kappa shape index (κ1) is 17.8. The molecule has 2 N–H and O–H groups in total. The first-order chi connectivity index (χ1) is 13.1. The van der Waals surface area contributed by atoms with Crippen molar-refractivity contribution in [1.29, 1.82) is 0 Å². The minimum Gasteiger partial charge on any atom is -0.492 e. The van der Waals surface area contributed by atoms with Crippen molar-refractivity contribution in [3.05, 3.63) is 28.1 Å². The number of halogens is 1. The number of rotatable bonds is 4. The van der Waals surface area contributed by atoms with Crippen LogP contribution in [0.1, 0.15) is 17.7 Å². The number of pyridine rings is 1. The lowest BCUT2D eigenvalue weighted by molar-refractivity contribution is 0.324. The molecule has 0 radical (unpaired) electrons. The highest BCUT2D eigenvalue weighted by molar-refractivity contribution is 9.10. The van der Waals surface area contributed by atoms with Gasteiger partial charge in [0.1, 0.15) is 12.1 Å². The molecule has 0 amide bonds. The van der Waals surface area contributed by atoms with E-state index < -0.39 is 0 Å². The summed E-state index contributed by atoms with van der Waals surface area (Å²) in [5.74, 6) is 2.04. The third-order valence-corrected chi connectivity index (χ3v) is 5.45. The number of nitrogen functional groups attached to an aromatic ring is 1. The molecular weight excluding hydrogens is 412 g/mol. The number of aromatic nitrogens is 3. The van der Waals surface area contributed by atoms with Crippen LogP contribution in [-0.4, -0.2) is 36.3 Å². The van der Waals surface area contributed by atoms with Crippen LogP contribution in [0.5, 0.6) is 17.2 Å². The number of hydrogen-bond acceptors (Lipinski definition) is 7. The van der Waals surface area contributed by atoms with Gasteiger partial charge >= 0.3 is 0 Å². The van der Waals surface area contributed by atoms with Gasteiger partial charge in [-0.05, 0) is 46.8 Å². The Morgan fingerprint density at radius 2 is 1.74 bits per heavy atom. The highest BCUT2D eigenvalue weighted by Crippen LogP contribution is 2.51. The number of fused-ring (bicyclic) bond motifs is 2. The van der Waals surface area contributed by atoms with Crippen LogP contribution in [0, 0.1) is 0 Å². The van der Waals surface area contributed by atoms with Crippen molar-refractivity contribution >= 4 is 32.8 Å². The van der Waals surface area contributed by atoms with Gasteiger partial charge < -0.3 is 19.9 Å². The maximum Gasteiger partial charge on any atom is 0.205 e. The zero-order valence-electron chi connectivity index (χ0n) is 15.3.